The second-order valence-electron chi connectivity index (χ2n) is 5.97. The molecule has 134 valence electrons. The number of fused-ring (bicyclic) bond motifs is 1. The van der Waals surface area contributed by atoms with Crippen molar-refractivity contribution in [1.29, 1.82) is 0 Å². The Hall–Kier alpha value is -3.08. The van der Waals surface area contributed by atoms with Crippen molar-refractivity contribution < 1.29 is 23.8 Å². The molecule has 0 atom stereocenters. The van der Waals surface area contributed by atoms with E-state index in [0.29, 0.717) is 22.6 Å². The van der Waals surface area contributed by atoms with Gasteiger partial charge in [-0.05, 0) is 42.7 Å². The predicted octanol–water partition coefficient (Wildman–Crippen LogP) is 3.73. The maximum Gasteiger partial charge on any atom is 0.343 e. The first kappa shape index (κ1) is 17.7. The lowest BCUT2D eigenvalue weighted by Crippen LogP contribution is -2.13. The highest BCUT2D eigenvalue weighted by Gasteiger charge is 2.30. The summed E-state index contributed by atoms with van der Waals surface area (Å²) in [6.45, 7) is 3.69. The van der Waals surface area contributed by atoms with Crippen LogP contribution in [0, 0.1) is 6.92 Å². The van der Waals surface area contributed by atoms with Crippen molar-refractivity contribution in [2.75, 3.05) is 13.7 Å². The van der Waals surface area contributed by atoms with Gasteiger partial charge in [0, 0.05) is 5.56 Å². The molecule has 0 spiro atoms. The maximum atomic E-state index is 12.6. The van der Waals surface area contributed by atoms with Crippen molar-refractivity contribution in [3.63, 3.8) is 0 Å². The summed E-state index contributed by atoms with van der Waals surface area (Å²) in [6, 6.07) is 11.3. The molecule has 0 radical (unpaired) electrons. The van der Waals surface area contributed by atoms with E-state index in [-0.39, 0.29) is 18.1 Å². The Bertz CT molecular complexity index is 878. The second-order valence-corrected chi connectivity index (χ2v) is 5.97. The lowest BCUT2D eigenvalue weighted by molar-refractivity contribution is -0.142. The van der Waals surface area contributed by atoms with E-state index in [9.17, 15) is 9.59 Å². The van der Waals surface area contributed by atoms with E-state index in [1.807, 2.05) is 24.3 Å². The maximum absolute atomic E-state index is 12.6. The molecule has 1 aliphatic heterocycles. The number of carbonyl (C=O) groups excluding carboxylic acids is 2. The zero-order valence-corrected chi connectivity index (χ0v) is 15.0. The van der Waals surface area contributed by atoms with E-state index < -0.39 is 5.97 Å². The van der Waals surface area contributed by atoms with Gasteiger partial charge in [-0.1, -0.05) is 31.2 Å². The molecule has 2 aromatic carbocycles. The van der Waals surface area contributed by atoms with E-state index in [2.05, 4.69) is 11.7 Å². The van der Waals surface area contributed by atoms with Crippen molar-refractivity contribution in [2.24, 2.45) is 0 Å². The summed E-state index contributed by atoms with van der Waals surface area (Å²) in [5.41, 5.74) is 3.30. The minimum atomic E-state index is -0.474. The smallest absolute Gasteiger partial charge is 0.343 e. The van der Waals surface area contributed by atoms with Gasteiger partial charge in [0.15, 0.2) is 12.4 Å². The number of carbonyl (C=O) groups is 2. The van der Waals surface area contributed by atoms with Gasteiger partial charge in [0.25, 0.3) is 0 Å². The molecule has 0 saturated carbocycles. The van der Waals surface area contributed by atoms with Crippen molar-refractivity contribution in [3.8, 4) is 11.5 Å². The first-order valence-electron chi connectivity index (χ1n) is 8.40. The van der Waals surface area contributed by atoms with Gasteiger partial charge in [-0.3, -0.25) is 4.79 Å². The number of esters is 1. The summed E-state index contributed by atoms with van der Waals surface area (Å²) in [4.78, 5) is 23.8. The van der Waals surface area contributed by atoms with E-state index in [4.69, 9.17) is 9.47 Å². The average molecular weight is 352 g/mol. The van der Waals surface area contributed by atoms with Crippen LogP contribution in [0.1, 0.15) is 34.0 Å². The first-order valence-corrected chi connectivity index (χ1v) is 8.40. The molecule has 0 unspecified atom stereocenters. The lowest BCUT2D eigenvalue weighted by atomic mass is 10.0. The standard InChI is InChI=1S/C21H20O5/c1-4-14-5-7-15(8-6-14)11-18-20(23)16-9-10-17(13(2)21(16)26-18)25-12-19(22)24-3/h5-11H,4,12H2,1-3H3/b18-11-. The number of ketones is 1. The third-order valence-corrected chi connectivity index (χ3v) is 4.30. The summed E-state index contributed by atoms with van der Waals surface area (Å²) in [6.07, 6.45) is 2.70. The van der Waals surface area contributed by atoms with E-state index in [0.717, 1.165) is 12.0 Å². The van der Waals surface area contributed by atoms with Gasteiger partial charge >= 0.3 is 5.97 Å². The fraction of sp³-hybridized carbons (Fsp3) is 0.238. The summed E-state index contributed by atoms with van der Waals surface area (Å²) >= 11 is 0. The molecule has 0 saturated heterocycles. The Morgan fingerprint density at radius 1 is 1.15 bits per heavy atom. The van der Waals surface area contributed by atoms with Gasteiger partial charge in [0.2, 0.25) is 5.78 Å². The Labute approximate surface area is 152 Å². The highest BCUT2D eigenvalue weighted by molar-refractivity contribution is 6.14. The molecule has 0 amide bonds. The van der Waals surface area contributed by atoms with Crippen LogP contribution in [0.4, 0.5) is 0 Å². The molecule has 0 aromatic heterocycles. The Morgan fingerprint density at radius 3 is 2.54 bits per heavy atom. The molecule has 1 aliphatic rings. The molecule has 0 fully saturated rings. The van der Waals surface area contributed by atoms with E-state index in [1.54, 1.807) is 25.1 Å². The molecule has 1 heterocycles. The monoisotopic (exact) mass is 352 g/mol. The van der Waals surface area contributed by atoms with Crippen molar-refractivity contribution >= 4 is 17.8 Å². The quantitative estimate of drug-likeness (QED) is 0.606. The van der Waals surface area contributed by atoms with Crippen molar-refractivity contribution in [3.05, 3.63) is 64.4 Å². The Morgan fingerprint density at radius 2 is 1.88 bits per heavy atom. The van der Waals surface area contributed by atoms with Crippen LogP contribution in [0.2, 0.25) is 0 Å². The molecule has 26 heavy (non-hydrogen) atoms. The van der Waals surface area contributed by atoms with Crippen LogP contribution >= 0.6 is 0 Å². The van der Waals surface area contributed by atoms with Gasteiger partial charge in [-0.15, -0.1) is 0 Å². The van der Waals surface area contributed by atoms with Crippen molar-refractivity contribution in [2.45, 2.75) is 20.3 Å². The first-order chi connectivity index (χ1) is 12.5. The fourth-order valence-electron chi connectivity index (χ4n) is 2.72. The fourth-order valence-corrected chi connectivity index (χ4v) is 2.72. The molecular weight excluding hydrogens is 332 g/mol. The topological polar surface area (TPSA) is 61.8 Å². The average Bonchev–Trinajstić information content (AvgIpc) is 2.98. The van der Waals surface area contributed by atoms with E-state index >= 15 is 0 Å². The molecule has 5 nitrogen and oxygen atoms in total. The zero-order chi connectivity index (χ0) is 18.7. The molecule has 2 aromatic rings. The Kier molecular flexibility index (Phi) is 5.07. The normalized spacial score (nSPS) is 14.1. The second kappa shape index (κ2) is 7.44. The SMILES string of the molecule is CCc1ccc(/C=C2\Oc3c(ccc(OCC(=O)OC)c3C)C2=O)cc1. The zero-order valence-electron chi connectivity index (χ0n) is 15.0. The van der Waals surface area contributed by atoms with Gasteiger partial charge in [0.1, 0.15) is 11.5 Å². The number of hydrogen-bond acceptors (Lipinski definition) is 5. The number of benzene rings is 2. The number of aryl methyl sites for hydroxylation is 1. The van der Waals surface area contributed by atoms with Crippen LogP contribution in [0.5, 0.6) is 11.5 Å². The highest BCUT2D eigenvalue weighted by atomic mass is 16.6. The van der Waals surface area contributed by atoms with Gasteiger partial charge in [-0.25, -0.2) is 4.79 Å². The largest absolute Gasteiger partial charge is 0.481 e. The van der Waals surface area contributed by atoms with Gasteiger partial charge < -0.3 is 14.2 Å². The number of hydrogen-bond donors (Lipinski definition) is 0. The number of allylic oxidation sites excluding steroid dienone is 1. The van der Waals surface area contributed by atoms with Gasteiger partial charge in [-0.2, -0.15) is 0 Å². The van der Waals surface area contributed by atoms with Crippen LogP contribution in [0.3, 0.4) is 0 Å². The van der Waals surface area contributed by atoms with Crippen LogP contribution in [0.15, 0.2) is 42.2 Å². The molecule has 0 bridgehead atoms. The molecule has 0 aliphatic carbocycles. The number of Topliss-reactive ketones (excluding diaryl/α,β-unsaturated/α-hetero) is 1. The molecule has 0 N–H and O–H groups in total. The third-order valence-electron chi connectivity index (χ3n) is 4.30. The highest BCUT2D eigenvalue weighted by Crippen LogP contribution is 2.39. The minimum absolute atomic E-state index is 0.165. The minimum Gasteiger partial charge on any atom is -0.481 e. The number of methoxy groups -OCH3 is 1. The summed E-state index contributed by atoms with van der Waals surface area (Å²) in [7, 11) is 1.30. The van der Waals surface area contributed by atoms with Gasteiger partial charge in [0.05, 0.1) is 12.7 Å². The number of rotatable bonds is 5. The molecule has 5 heteroatoms. The molecule has 3 rings (SSSR count). The van der Waals surface area contributed by atoms with Crippen LogP contribution in [-0.4, -0.2) is 25.5 Å². The van der Waals surface area contributed by atoms with Crippen LogP contribution in [-0.2, 0) is 16.0 Å². The van der Waals surface area contributed by atoms with Crippen LogP contribution in [0.25, 0.3) is 6.08 Å². The lowest BCUT2D eigenvalue weighted by Gasteiger charge is -2.10. The summed E-state index contributed by atoms with van der Waals surface area (Å²) in [5, 5.41) is 0. The summed E-state index contributed by atoms with van der Waals surface area (Å²) < 4.78 is 15.8. The van der Waals surface area contributed by atoms with E-state index in [1.165, 1.54) is 12.7 Å². The van der Waals surface area contributed by atoms with Crippen molar-refractivity contribution in [1.82, 2.24) is 0 Å². The molecular formula is C21H20O5. The Balaban J connectivity index is 1.84. The third kappa shape index (κ3) is 3.47. The number of ether oxygens (including phenoxy) is 3. The van der Waals surface area contributed by atoms with Crippen LogP contribution < -0.4 is 9.47 Å². The summed E-state index contributed by atoms with van der Waals surface area (Å²) in [5.74, 6) is 0.585. The predicted molar refractivity (Wildman–Crippen MR) is 97.4 cm³/mol.